The summed E-state index contributed by atoms with van der Waals surface area (Å²) in [6.07, 6.45) is 11.2. The van der Waals surface area contributed by atoms with Gasteiger partial charge in [-0.05, 0) is 85.6 Å². The van der Waals surface area contributed by atoms with Crippen molar-refractivity contribution in [1.29, 1.82) is 0 Å². The molecule has 1 fully saturated rings. The van der Waals surface area contributed by atoms with Gasteiger partial charge in [-0.3, -0.25) is 0 Å². The molecule has 3 heteroatoms. The van der Waals surface area contributed by atoms with Crippen molar-refractivity contribution < 1.29 is 13.2 Å². The van der Waals surface area contributed by atoms with Crippen molar-refractivity contribution in [2.45, 2.75) is 64.7 Å². The molecular formula is C31H33F3. The number of allylic oxidation sites excluding steroid dienone is 2. The average Bonchev–Trinajstić information content (AvgIpc) is 2.86. The van der Waals surface area contributed by atoms with Gasteiger partial charge in [0.05, 0.1) is 0 Å². The van der Waals surface area contributed by atoms with Crippen LogP contribution in [0.25, 0.3) is 22.3 Å². The lowest BCUT2D eigenvalue weighted by molar-refractivity contribution is 0.375. The van der Waals surface area contributed by atoms with Crippen LogP contribution in [0.5, 0.6) is 0 Å². The van der Waals surface area contributed by atoms with Crippen LogP contribution < -0.4 is 0 Å². The molecule has 0 radical (unpaired) electrons. The van der Waals surface area contributed by atoms with Crippen molar-refractivity contribution in [2.75, 3.05) is 0 Å². The molecule has 0 heterocycles. The first-order valence-corrected chi connectivity index (χ1v) is 12.5. The second kappa shape index (κ2) is 11.1. The van der Waals surface area contributed by atoms with Crippen LogP contribution in [0.4, 0.5) is 13.2 Å². The quantitative estimate of drug-likeness (QED) is 0.307. The lowest BCUT2D eigenvalue weighted by atomic mass is 9.78. The van der Waals surface area contributed by atoms with Crippen molar-refractivity contribution >= 4 is 0 Å². The zero-order valence-electron chi connectivity index (χ0n) is 20.1. The topological polar surface area (TPSA) is 0 Å². The predicted octanol–water partition coefficient (Wildman–Crippen LogP) is 9.63. The molecule has 1 saturated carbocycles. The van der Waals surface area contributed by atoms with Gasteiger partial charge in [-0.25, -0.2) is 13.2 Å². The summed E-state index contributed by atoms with van der Waals surface area (Å²) in [5.41, 5.74) is 3.55. The van der Waals surface area contributed by atoms with Gasteiger partial charge in [-0.1, -0.05) is 74.0 Å². The van der Waals surface area contributed by atoms with Gasteiger partial charge >= 0.3 is 0 Å². The Bertz CT molecular complexity index is 1140. The van der Waals surface area contributed by atoms with E-state index < -0.39 is 11.6 Å². The fourth-order valence-electron chi connectivity index (χ4n) is 5.14. The summed E-state index contributed by atoms with van der Waals surface area (Å²) >= 11 is 0. The van der Waals surface area contributed by atoms with E-state index in [9.17, 15) is 8.78 Å². The van der Waals surface area contributed by atoms with Crippen LogP contribution in [-0.4, -0.2) is 0 Å². The summed E-state index contributed by atoms with van der Waals surface area (Å²) in [5.74, 6) is -0.767. The molecule has 3 aromatic rings. The molecule has 4 rings (SSSR count). The first-order chi connectivity index (χ1) is 16.5. The lowest BCUT2D eigenvalue weighted by Gasteiger charge is -2.27. The normalized spacial score (nSPS) is 18.5. The standard InChI is InChI=1S/C31H33F3/c1-3-5-7-25-16-19-28(31(34)30(25)33)24-14-12-23(13-15-24)27-18-17-26(20-29(27)32)22-10-8-21(6-4-2)9-11-22/h4,6,12-22H,3,5,7-11H2,1-2H3/b6-4+. The molecule has 0 aliphatic heterocycles. The Morgan fingerprint density at radius 2 is 1.44 bits per heavy atom. The summed E-state index contributed by atoms with van der Waals surface area (Å²) in [5, 5.41) is 0. The van der Waals surface area contributed by atoms with Crippen LogP contribution >= 0.6 is 0 Å². The fraction of sp³-hybridized carbons (Fsp3) is 0.355. The van der Waals surface area contributed by atoms with Gasteiger partial charge in [0.25, 0.3) is 0 Å². The Hall–Kier alpha value is -2.81. The smallest absolute Gasteiger partial charge is 0.166 e. The Balaban J connectivity index is 1.51. The van der Waals surface area contributed by atoms with Crippen molar-refractivity contribution in [3.63, 3.8) is 0 Å². The van der Waals surface area contributed by atoms with Gasteiger partial charge in [-0.2, -0.15) is 0 Å². The van der Waals surface area contributed by atoms with Crippen LogP contribution in [0.3, 0.4) is 0 Å². The summed E-state index contributed by atoms with van der Waals surface area (Å²) in [6, 6.07) is 15.9. The van der Waals surface area contributed by atoms with Gasteiger partial charge in [0.1, 0.15) is 5.82 Å². The Labute approximate surface area is 201 Å². The first-order valence-electron chi connectivity index (χ1n) is 12.5. The highest BCUT2D eigenvalue weighted by molar-refractivity contribution is 5.71. The summed E-state index contributed by atoms with van der Waals surface area (Å²) < 4.78 is 44.3. The molecule has 0 aromatic heterocycles. The second-order valence-electron chi connectivity index (χ2n) is 9.46. The molecule has 0 bridgehead atoms. The number of rotatable bonds is 7. The third-order valence-electron chi connectivity index (χ3n) is 7.17. The van der Waals surface area contributed by atoms with Crippen molar-refractivity contribution in [3.05, 3.63) is 95.3 Å². The molecule has 34 heavy (non-hydrogen) atoms. The molecular weight excluding hydrogens is 429 g/mol. The largest absolute Gasteiger partial charge is 0.206 e. The molecule has 0 saturated heterocycles. The zero-order chi connectivity index (χ0) is 24.1. The molecule has 0 atom stereocenters. The molecule has 0 spiro atoms. The minimum Gasteiger partial charge on any atom is -0.206 e. The van der Waals surface area contributed by atoms with Gasteiger partial charge in [0, 0.05) is 11.1 Å². The van der Waals surface area contributed by atoms with E-state index >= 15 is 4.39 Å². The molecule has 3 aromatic carbocycles. The van der Waals surface area contributed by atoms with E-state index in [2.05, 4.69) is 19.1 Å². The third-order valence-corrected chi connectivity index (χ3v) is 7.17. The van der Waals surface area contributed by atoms with Crippen LogP contribution in [0.2, 0.25) is 0 Å². The van der Waals surface area contributed by atoms with Gasteiger partial charge < -0.3 is 0 Å². The van der Waals surface area contributed by atoms with Crippen molar-refractivity contribution in [3.8, 4) is 22.3 Å². The van der Waals surface area contributed by atoms with Crippen molar-refractivity contribution in [2.24, 2.45) is 5.92 Å². The maximum Gasteiger partial charge on any atom is 0.166 e. The fourth-order valence-corrected chi connectivity index (χ4v) is 5.14. The maximum absolute atomic E-state index is 15.1. The molecule has 1 aliphatic carbocycles. The Kier molecular flexibility index (Phi) is 7.92. The number of unbranched alkanes of at least 4 members (excludes halogenated alkanes) is 1. The molecule has 0 nitrogen and oxygen atoms in total. The van der Waals surface area contributed by atoms with E-state index in [4.69, 9.17) is 0 Å². The lowest BCUT2D eigenvalue weighted by Crippen LogP contribution is -2.12. The van der Waals surface area contributed by atoms with E-state index in [1.54, 1.807) is 42.5 Å². The highest BCUT2D eigenvalue weighted by Crippen LogP contribution is 2.38. The van der Waals surface area contributed by atoms with E-state index in [1.807, 2.05) is 19.1 Å². The minimum absolute atomic E-state index is 0.230. The van der Waals surface area contributed by atoms with E-state index in [0.29, 0.717) is 34.9 Å². The molecule has 0 N–H and O–H groups in total. The maximum atomic E-state index is 15.1. The number of halogens is 3. The second-order valence-corrected chi connectivity index (χ2v) is 9.46. The highest BCUT2D eigenvalue weighted by Gasteiger charge is 2.22. The van der Waals surface area contributed by atoms with Gasteiger partial charge in [-0.15, -0.1) is 0 Å². The van der Waals surface area contributed by atoms with Crippen LogP contribution in [0.15, 0.2) is 66.7 Å². The highest BCUT2D eigenvalue weighted by atomic mass is 19.2. The van der Waals surface area contributed by atoms with Gasteiger partial charge in [0.15, 0.2) is 11.6 Å². The molecule has 178 valence electrons. The SMILES string of the molecule is C/C=C/C1CCC(c2ccc(-c3ccc(-c4ccc(CCCC)c(F)c4F)cc3)c(F)c2)CC1. The Morgan fingerprint density at radius 1 is 0.794 bits per heavy atom. The molecule has 0 unspecified atom stereocenters. The third kappa shape index (κ3) is 5.29. The molecule has 0 amide bonds. The number of hydrogen-bond acceptors (Lipinski definition) is 0. The first kappa shape index (κ1) is 24.3. The van der Waals surface area contributed by atoms with E-state index in [1.165, 1.54) is 0 Å². The van der Waals surface area contributed by atoms with E-state index in [0.717, 1.165) is 49.7 Å². The summed E-state index contributed by atoms with van der Waals surface area (Å²) in [7, 11) is 0. The molecule has 1 aliphatic rings. The van der Waals surface area contributed by atoms with Gasteiger partial charge in [0.2, 0.25) is 0 Å². The zero-order valence-corrected chi connectivity index (χ0v) is 20.1. The van der Waals surface area contributed by atoms with Crippen LogP contribution in [0, 0.1) is 23.4 Å². The number of hydrogen-bond donors (Lipinski definition) is 0. The van der Waals surface area contributed by atoms with Crippen LogP contribution in [-0.2, 0) is 6.42 Å². The Morgan fingerprint density at radius 3 is 2.06 bits per heavy atom. The number of benzene rings is 3. The average molecular weight is 463 g/mol. The monoisotopic (exact) mass is 462 g/mol. The van der Waals surface area contributed by atoms with Crippen molar-refractivity contribution in [1.82, 2.24) is 0 Å². The minimum atomic E-state index is -0.818. The number of aryl methyl sites for hydroxylation is 1. The summed E-state index contributed by atoms with van der Waals surface area (Å²) in [6.45, 7) is 4.09. The van der Waals surface area contributed by atoms with Crippen LogP contribution in [0.1, 0.15) is 69.4 Å². The summed E-state index contributed by atoms with van der Waals surface area (Å²) in [4.78, 5) is 0. The predicted molar refractivity (Wildman–Crippen MR) is 135 cm³/mol. The van der Waals surface area contributed by atoms with E-state index in [-0.39, 0.29) is 11.4 Å².